The number of rotatable bonds is 3. The topological polar surface area (TPSA) is 66.5 Å². The Morgan fingerprint density at radius 3 is 2.83 bits per heavy atom. The second-order valence-electron chi connectivity index (χ2n) is 6.04. The normalized spacial score (nSPS) is 23.6. The van der Waals surface area contributed by atoms with Gasteiger partial charge in [0.25, 0.3) is 0 Å². The van der Waals surface area contributed by atoms with Crippen LogP contribution < -0.4 is 15.5 Å². The number of hydrogen-bond donors (Lipinski definition) is 2. The molecule has 3 heterocycles. The van der Waals surface area contributed by atoms with Gasteiger partial charge in [-0.2, -0.15) is 0 Å². The number of nitrogens with one attached hydrogen (secondary N) is 2. The van der Waals surface area contributed by atoms with Crippen molar-refractivity contribution >= 4 is 42.2 Å². The van der Waals surface area contributed by atoms with Crippen molar-refractivity contribution in [2.45, 2.75) is 25.8 Å². The Hall–Kier alpha value is -1.08. The summed E-state index contributed by atoms with van der Waals surface area (Å²) in [6.07, 6.45) is 3.55. The van der Waals surface area contributed by atoms with Crippen LogP contribution >= 0.6 is 24.8 Å². The van der Waals surface area contributed by atoms with Gasteiger partial charge in [-0.05, 0) is 38.4 Å². The average Bonchev–Trinajstić information content (AvgIpc) is 2.56. The zero-order valence-electron chi connectivity index (χ0n) is 13.9. The molecule has 2 fully saturated rings. The molecule has 1 amide bonds. The molecule has 0 saturated carbocycles. The summed E-state index contributed by atoms with van der Waals surface area (Å²) in [4.78, 5) is 19.2. The highest BCUT2D eigenvalue weighted by molar-refractivity contribution is 5.95. The molecule has 0 spiro atoms. The van der Waals surface area contributed by atoms with Gasteiger partial charge in [-0.1, -0.05) is 0 Å². The van der Waals surface area contributed by atoms with E-state index < -0.39 is 0 Å². The number of pyridine rings is 1. The summed E-state index contributed by atoms with van der Waals surface area (Å²) < 4.78 is 5.39. The molecular weight excluding hydrogens is 351 g/mol. The molecule has 3 rings (SSSR count). The summed E-state index contributed by atoms with van der Waals surface area (Å²) in [6.45, 7) is 6.06. The van der Waals surface area contributed by atoms with Gasteiger partial charge in [-0.25, -0.2) is 4.98 Å². The second-order valence-corrected chi connectivity index (χ2v) is 6.04. The molecule has 1 aromatic rings. The fourth-order valence-corrected chi connectivity index (χ4v) is 3.13. The third-order valence-corrected chi connectivity index (χ3v) is 4.35. The zero-order chi connectivity index (χ0) is 15.4. The molecule has 8 heteroatoms. The van der Waals surface area contributed by atoms with Crippen LogP contribution in [-0.4, -0.2) is 49.8 Å². The zero-order valence-corrected chi connectivity index (χ0v) is 15.5. The van der Waals surface area contributed by atoms with Crippen molar-refractivity contribution in [3.8, 4) is 0 Å². The quantitative estimate of drug-likeness (QED) is 0.845. The number of aromatic nitrogens is 1. The highest BCUT2D eigenvalue weighted by Crippen LogP contribution is 2.25. The number of anilines is 2. The molecule has 0 radical (unpaired) electrons. The number of carbonyl (C=O) groups is 1. The fourth-order valence-electron chi connectivity index (χ4n) is 3.13. The van der Waals surface area contributed by atoms with Crippen molar-refractivity contribution in [1.82, 2.24) is 10.3 Å². The van der Waals surface area contributed by atoms with Crippen molar-refractivity contribution in [2.24, 2.45) is 5.92 Å². The highest BCUT2D eigenvalue weighted by Gasteiger charge is 2.26. The molecule has 136 valence electrons. The van der Waals surface area contributed by atoms with E-state index in [-0.39, 0.29) is 36.6 Å². The molecule has 0 bridgehead atoms. The van der Waals surface area contributed by atoms with Crippen LogP contribution in [0.3, 0.4) is 0 Å². The summed E-state index contributed by atoms with van der Waals surface area (Å²) in [7, 11) is 0. The molecular formula is C16H26Cl2N4O2. The predicted octanol–water partition coefficient (Wildman–Crippen LogP) is 2.09. The average molecular weight is 377 g/mol. The number of nitrogens with zero attached hydrogens (tertiary/aromatic N) is 2. The summed E-state index contributed by atoms with van der Waals surface area (Å²) in [5, 5.41) is 6.47. The SMILES string of the molecule is C[C@H]1C[C@@H](C(=O)Nc2cccnc2N2CCOCC2)CCN1.Cl.Cl. The number of ether oxygens (including phenoxy) is 1. The number of piperidine rings is 1. The van der Waals surface area contributed by atoms with Gasteiger partial charge in [0.15, 0.2) is 5.82 Å². The van der Waals surface area contributed by atoms with Gasteiger partial charge in [-0.15, -0.1) is 24.8 Å². The van der Waals surface area contributed by atoms with Crippen LogP contribution in [0.4, 0.5) is 11.5 Å². The standard InChI is InChI=1S/C16H24N4O2.2ClH/c1-12-11-13(4-6-17-12)16(21)19-14-3-2-5-18-15(14)20-7-9-22-10-8-20;;/h2-3,5,12-13,17H,4,6-11H2,1H3,(H,19,21);2*1H/t12-,13-;;/m0../s1. The maximum Gasteiger partial charge on any atom is 0.227 e. The molecule has 0 aromatic carbocycles. The first kappa shape index (κ1) is 21.0. The van der Waals surface area contributed by atoms with E-state index in [9.17, 15) is 4.79 Å². The molecule has 0 aliphatic carbocycles. The van der Waals surface area contributed by atoms with E-state index in [1.54, 1.807) is 6.20 Å². The van der Waals surface area contributed by atoms with Crippen molar-refractivity contribution in [2.75, 3.05) is 43.1 Å². The van der Waals surface area contributed by atoms with Gasteiger partial charge >= 0.3 is 0 Å². The van der Waals surface area contributed by atoms with E-state index in [4.69, 9.17) is 4.74 Å². The third-order valence-electron chi connectivity index (χ3n) is 4.35. The molecule has 2 aliphatic rings. The summed E-state index contributed by atoms with van der Waals surface area (Å²) in [6, 6.07) is 4.20. The lowest BCUT2D eigenvalue weighted by Crippen LogP contribution is -2.41. The van der Waals surface area contributed by atoms with Gasteiger partial charge in [0.2, 0.25) is 5.91 Å². The largest absolute Gasteiger partial charge is 0.378 e. The minimum Gasteiger partial charge on any atom is -0.378 e. The number of morpholine rings is 1. The summed E-state index contributed by atoms with van der Waals surface area (Å²) in [5.74, 6) is 1.03. The van der Waals surface area contributed by atoms with Gasteiger partial charge in [0, 0.05) is 31.2 Å². The van der Waals surface area contributed by atoms with Gasteiger partial charge in [0.1, 0.15) is 0 Å². The number of amides is 1. The van der Waals surface area contributed by atoms with Crippen LogP contribution in [0.1, 0.15) is 19.8 Å². The van der Waals surface area contributed by atoms with E-state index >= 15 is 0 Å². The van der Waals surface area contributed by atoms with E-state index in [0.717, 1.165) is 44.0 Å². The molecule has 2 aliphatic heterocycles. The third kappa shape index (κ3) is 5.21. The van der Waals surface area contributed by atoms with E-state index in [2.05, 4.69) is 27.4 Å². The maximum atomic E-state index is 12.5. The Morgan fingerprint density at radius 2 is 2.12 bits per heavy atom. The van der Waals surface area contributed by atoms with E-state index in [1.807, 2.05) is 12.1 Å². The first-order valence-electron chi connectivity index (χ1n) is 8.06. The predicted molar refractivity (Wildman–Crippen MR) is 101 cm³/mol. The van der Waals surface area contributed by atoms with Crippen LogP contribution in [0, 0.1) is 5.92 Å². The lowest BCUT2D eigenvalue weighted by molar-refractivity contribution is -0.120. The number of halogens is 2. The molecule has 2 atom stereocenters. The van der Waals surface area contributed by atoms with Crippen molar-refractivity contribution in [1.29, 1.82) is 0 Å². The van der Waals surface area contributed by atoms with Crippen molar-refractivity contribution in [3.05, 3.63) is 18.3 Å². The van der Waals surface area contributed by atoms with Crippen molar-refractivity contribution < 1.29 is 9.53 Å². The molecule has 24 heavy (non-hydrogen) atoms. The minimum absolute atomic E-state index is 0. The first-order valence-corrected chi connectivity index (χ1v) is 8.06. The minimum atomic E-state index is 0. The monoisotopic (exact) mass is 376 g/mol. The second kappa shape index (κ2) is 10.0. The van der Waals surface area contributed by atoms with E-state index in [1.165, 1.54) is 0 Å². The first-order chi connectivity index (χ1) is 10.7. The van der Waals surface area contributed by atoms with Gasteiger partial charge in [0.05, 0.1) is 18.9 Å². The van der Waals surface area contributed by atoms with Gasteiger partial charge < -0.3 is 20.3 Å². The van der Waals surface area contributed by atoms with Crippen LogP contribution in [0.25, 0.3) is 0 Å². The molecule has 2 saturated heterocycles. The van der Waals surface area contributed by atoms with Crippen molar-refractivity contribution in [3.63, 3.8) is 0 Å². The number of hydrogen-bond acceptors (Lipinski definition) is 5. The Bertz CT molecular complexity index is 527. The van der Waals surface area contributed by atoms with Crippen LogP contribution in [0.15, 0.2) is 18.3 Å². The molecule has 6 nitrogen and oxygen atoms in total. The Labute approximate surface area is 155 Å². The smallest absolute Gasteiger partial charge is 0.227 e. The maximum absolute atomic E-state index is 12.5. The van der Waals surface area contributed by atoms with Gasteiger partial charge in [-0.3, -0.25) is 4.79 Å². The van der Waals surface area contributed by atoms with Crippen LogP contribution in [-0.2, 0) is 9.53 Å². The Morgan fingerprint density at radius 1 is 1.38 bits per heavy atom. The highest BCUT2D eigenvalue weighted by atomic mass is 35.5. The summed E-state index contributed by atoms with van der Waals surface area (Å²) >= 11 is 0. The van der Waals surface area contributed by atoms with E-state index in [0.29, 0.717) is 19.3 Å². The molecule has 0 unspecified atom stereocenters. The van der Waals surface area contributed by atoms with Crippen LogP contribution in [0.5, 0.6) is 0 Å². The molecule has 1 aromatic heterocycles. The Kier molecular flexibility index (Phi) is 8.76. The fraction of sp³-hybridized carbons (Fsp3) is 0.625. The Balaban J connectivity index is 0.00000144. The lowest BCUT2D eigenvalue weighted by atomic mass is 9.92. The van der Waals surface area contributed by atoms with Crippen LogP contribution in [0.2, 0.25) is 0 Å². The lowest BCUT2D eigenvalue weighted by Gasteiger charge is -2.30. The summed E-state index contributed by atoms with van der Waals surface area (Å²) in [5.41, 5.74) is 0.806. The number of carbonyl (C=O) groups excluding carboxylic acids is 1. The molecule has 2 N–H and O–H groups in total.